The minimum absolute atomic E-state index is 0.0390. The summed E-state index contributed by atoms with van der Waals surface area (Å²) in [6, 6.07) is 4.99. The number of halogens is 3. The van der Waals surface area contributed by atoms with E-state index < -0.39 is 30.2 Å². The first kappa shape index (κ1) is 18.1. The van der Waals surface area contributed by atoms with E-state index in [4.69, 9.17) is 4.74 Å². The quantitative estimate of drug-likeness (QED) is 0.851. The van der Waals surface area contributed by atoms with Gasteiger partial charge in [0.1, 0.15) is 11.3 Å². The molecule has 132 valence electrons. The molecule has 2 N–H and O–H groups in total. The van der Waals surface area contributed by atoms with Gasteiger partial charge in [0.2, 0.25) is 0 Å². The molecule has 6 nitrogen and oxygen atoms in total. The summed E-state index contributed by atoms with van der Waals surface area (Å²) in [6.07, 6.45) is -4.17. The third-order valence-electron chi connectivity index (χ3n) is 3.63. The molecule has 0 saturated carbocycles. The second-order valence-corrected chi connectivity index (χ2v) is 5.38. The standard InChI is InChI=1S/C15H16F3NO5/c16-15(17,18)9-24-11-3-1-10(2-4-11)12(20)19-14(13(21)22)5-7-23-8-6-14/h1-4H,5-9H2,(H,19,20)(H,21,22). The first-order chi connectivity index (χ1) is 11.2. The van der Waals surface area contributed by atoms with Gasteiger partial charge in [-0.25, -0.2) is 4.79 Å². The van der Waals surface area contributed by atoms with Gasteiger partial charge in [0, 0.05) is 31.6 Å². The van der Waals surface area contributed by atoms with Crippen LogP contribution in [-0.2, 0) is 9.53 Å². The number of carboxylic acid groups (broad SMARTS) is 1. The molecular weight excluding hydrogens is 331 g/mol. The molecule has 0 aliphatic carbocycles. The Hall–Kier alpha value is -2.29. The summed E-state index contributed by atoms with van der Waals surface area (Å²) in [4.78, 5) is 23.7. The van der Waals surface area contributed by atoms with E-state index in [1.165, 1.54) is 24.3 Å². The van der Waals surface area contributed by atoms with Crippen molar-refractivity contribution >= 4 is 11.9 Å². The maximum Gasteiger partial charge on any atom is 0.422 e. The molecule has 24 heavy (non-hydrogen) atoms. The summed E-state index contributed by atoms with van der Waals surface area (Å²) in [5, 5.41) is 11.9. The largest absolute Gasteiger partial charge is 0.484 e. The topological polar surface area (TPSA) is 84.9 Å². The molecule has 0 spiro atoms. The number of amides is 1. The number of carbonyl (C=O) groups excluding carboxylic acids is 1. The van der Waals surface area contributed by atoms with Crippen LogP contribution in [0.1, 0.15) is 23.2 Å². The monoisotopic (exact) mass is 347 g/mol. The van der Waals surface area contributed by atoms with Crippen LogP contribution in [0.25, 0.3) is 0 Å². The van der Waals surface area contributed by atoms with Crippen molar-refractivity contribution in [3.8, 4) is 5.75 Å². The minimum Gasteiger partial charge on any atom is -0.484 e. The third kappa shape index (κ3) is 4.60. The summed E-state index contributed by atoms with van der Waals surface area (Å²) in [7, 11) is 0. The summed E-state index contributed by atoms with van der Waals surface area (Å²) >= 11 is 0. The van der Waals surface area contributed by atoms with Gasteiger partial charge in [-0.2, -0.15) is 13.2 Å². The maximum atomic E-state index is 12.2. The molecule has 0 aromatic heterocycles. The van der Waals surface area contributed by atoms with Gasteiger partial charge in [0.25, 0.3) is 5.91 Å². The Morgan fingerprint density at radius 2 is 1.79 bits per heavy atom. The Morgan fingerprint density at radius 1 is 1.21 bits per heavy atom. The lowest BCUT2D eigenvalue weighted by Gasteiger charge is -2.33. The average molecular weight is 347 g/mol. The predicted octanol–water partition coefficient (Wildman–Crippen LogP) is 1.99. The van der Waals surface area contributed by atoms with Crippen molar-refractivity contribution in [1.82, 2.24) is 5.32 Å². The molecule has 1 aliphatic rings. The SMILES string of the molecule is O=C(NC1(C(=O)O)CCOCC1)c1ccc(OCC(F)(F)F)cc1. The molecule has 0 radical (unpaired) electrons. The molecule has 0 unspecified atom stereocenters. The van der Waals surface area contributed by atoms with E-state index in [2.05, 4.69) is 10.1 Å². The number of rotatable bonds is 5. The summed E-state index contributed by atoms with van der Waals surface area (Å²) < 4.78 is 45.9. The van der Waals surface area contributed by atoms with Gasteiger partial charge in [-0.3, -0.25) is 4.79 Å². The normalized spacial score (nSPS) is 17.1. The zero-order valence-electron chi connectivity index (χ0n) is 12.6. The van der Waals surface area contributed by atoms with Gasteiger partial charge in [-0.05, 0) is 24.3 Å². The van der Waals surface area contributed by atoms with Crippen LogP contribution in [0.15, 0.2) is 24.3 Å². The van der Waals surface area contributed by atoms with Crippen molar-refractivity contribution in [2.75, 3.05) is 19.8 Å². The van der Waals surface area contributed by atoms with Crippen molar-refractivity contribution < 1.29 is 37.3 Å². The summed E-state index contributed by atoms with van der Waals surface area (Å²) in [5.41, 5.74) is -1.28. The van der Waals surface area contributed by atoms with Crippen molar-refractivity contribution in [3.05, 3.63) is 29.8 Å². The fourth-order valence-electron chi connectivity index (χ4n) is 2.27. The van der Waals surface area contributed by atoms with Gasteiger partial charge in [-0.1, -0.05) is 0 Å². The van der Waals surface area contributed by atoms with Crippen LogP contribution in [0.3, 0.4) is 0 Å². The predicted molar refractivity (Wildman–Crippen MR) is 75.9 cm³/mol. The second kappa shape index (κ2) is 7.08. The minimum atomic E-state index is -4.45. The molecule has 1 heterocycles. The van der Waals surface area contributed by atoms with Crippen molar-refractivity contribution in [3.63, 3.8) is 0 Å². The number of carbonyl (C=O) groups is 2. The lowest BCUT2D eigenvalue weighted by molar-refractivity contribution is -0.153. The van der Waals surface area contributed by atoms with Gasteiger partial charge in [0.15, 0.2) is 6.61 Å². The van der Waals surface area contributed by atoms with Crippen LogP contribution < -0.4 is 10.1 Å². The highest BCUT2D eigenvalue weighted by molar-refractivity contribution is 5.98. The van der Waals surface area contributed by atoms with Crippen LogP contribution >= 0.6 is 0 Å². The van der Waals surface area contributed by atoms with Gasteiger partial charge < -0.3 is 19.9 Å². The lowest BCUT2D eigenvalue weighted by atomic mass is 9.89. The van der Waals surface area contributed by atoms with Crippen LogP contribution in [0, 0.1) is 0 Å². The Morgan fingerprint density at radius 3 is 2.29 bits per heavy atom. The number of carboxylic acids is 1. The fraction of sp³-hybridized carbons (Fsp3) is 0.467. The summed E-state index contributed by atoms with van der Waals surface area (Å²) in [5.74, 6) is -1.81. The Bertz CT molecular complexity index is 594. The van der Waals surface area contributed by atoms with E-state index in [1.54, 1.807) is 0 Å². The van der Waals surface area contributed by atoms with E-state index in [9.17, 15) is 27.9 Å². The molecule has 9 heteroatoms. The van der Waals surface area contributed by atoms with Gasteiger partial charge in [0.05, 0.1) is 0 Å². The second-order valence-electron chi connectivity index (χ2n) is 5.38. The highest BCUT2D eigenvalue weighted by Crippen LogP contribution is 2.23. The van der Waals surface area contributed by atoms with Crippen molar-refractivity contribution in [1.29, 1.82) is 0 Å². The number of aliphatic carboxylic acids is 1. The molecule has 2 rings (SSSR count). The van der Waals surface area contributed by atoms with E-state index in [1.807, 2.05) is 0 Å². The number of hydrogen-bond donors (Lipinski definition) is 2. The number of nitrogens with one attached hydrogen (secondary N) is 1. The Balaban J connectivity index is 2.02. The van der Waals surface area contributed by atoms with Crippen LogP contribution in [-0.4, -0.2) is 48.5 Å². The van der Waals surface area contributed by atoms with Crippen LogP contribution in [0.2, 0.25) is 0 Å². The molecule has 1 amide bonds. The molecule has 1 aliphatic heterocycles. The average Bonchev–Trinajstić information content (AvgIpc) is 2.53. The number of alkyl halides is 3. The number of hydrogen-bond acceptors (Lipinski definition) is 4. The molecule has 0 bridgehead atoms. The summed E-state index contributed by atoms with van der Waals surface area (Å²) in [6.45, 7) is -0.992. The molecule has 0 atom stereocenters. The van der Waals surface area contributed by atoms with E-state index in [-0.39, 0.29) is 37.4 Å². The van der Waals surface area contributed by atoms with Crippen LogP contribution in [0.4, 0.5) is 13.2 Å². The number of benzene rings is 1. The van der Waals surface area contributed by atoms with Crippen molar-refractivity contribution in [2.45, 2.75) is 24.6 Å². The maximum absolute atomic E-state index is 12.2. The molecule has 1 aromatic carbocycles. The first-order valence-electron chi connectivity index (χ1n) is 7.15. The Labute approximate surface area is 135 Å². The van der Waals surface area contributed by atoms with E-state index in [0.717, 1.165) is 0 Å². The lowest BCUT2D eigenvalue weighted by Crippen LogP contribution is -2.57. The third-order valence-corrected chi connectivity index (χ3v) is 3.63. The fourth-order valence-corrected chi connectivity index (χ4v) is 2.27. The highest BCUT2D eigenvalue weighted by Gasteiger charge is 2.41. The zero-order chi connectivity index (χ0) is 17.8. The van der Waals surface area contributed by atoms with Crippen molar-refractivity contribution in [2.24, 2.45) is 0 Å². The smallest absolute Gasteiger partial charge is 0.422 e. The first-order valence-corrected chi connectivity index (χ1v) is 7.15. The molecule has 1 saturated heterocycles. The van der Waals surface area contributed by atoms with E-state index >= 15 is 0 Å². The molecule has 1 aromatic rings. The highest BCUT2D eigenvalue weighted by atomic mass is 19.4. The molecular formula is C15H16F3NO5. The van der Waals surface area contributed by atoms with Gasteiger partial charge >= 0.3 is 12.1 Å². The molecule has 1 fully saturated rings. The van der Waals surface area contributed by atoms with E-state index in [0.29, 0.717) is 0 Å². The van der Waals surface area contributed by atoms with Crippen LogP contribution in [0.5, 0.6) is 5.75 Å². The number of ether oxygens (including phenoxy) is 2. The van der Waals surface area contributed by atoms with Gasteiger partial charge in [-0.15, -0.1) is 0 Å². The Kier molecular flexibility index (Phi) is 5.33. The zero-order valence-corrected chi connectivity index (χ0v) is 12.6.